The van der Waals surface area contributed by atoms with E-state index in [1.54, 1.807) is 6.07 Å². The van der Waals surface area contributed by atoms with E-state index in [4.69, 9.17) is 9.47 Å². The van der Waals surface area contributed by atoms with Crippen molar-refractivity contribution in [3.8, 4) is 11.5 Å². The van der Waals surface area contributed by atoms with Gasteiger partial charge in [-0.1, -0.05) is 83.3 Å². The molecule has 0 N–H and O–H groups in total. The summed E-state index contributed by atoms with van der Waals surface area (Å²) in [5.74, 6) is 0.384. The first-order valence-corrected chi connectivity index (χ1v) is 14.2. The molecule has 1 aliphatic rings. The molecule has 4 heteroatoms. The molecule has 1 fully saturated rings. The van der Waals surface area contributed by atoms with Crippen LogP contribution in [0, 0.1) is 18.2 Å². The summed E-state index contributed by atoms with van der Waals surface area (Å²) in [6.07, 6.45) is 20.8. The maximum Gasteiger partial charge on any atom is 0.343 e. The van der Waals surface area contributed by atoms with Crippen LogP contribution in [0.5, 0.6) is 11.5 Å². The largest absolute Gasteiger partial charge is 0.491 e. The Balaban J connectivity index is 1.34. The van der Waals surface area contributed by atoms with Gasteiger partial charge < -0.3 is 9.47 Å². The molecule has 3 nitrogen and oxygen atoms in total. The lowest BCUT2D eigenvalue weighted by Crippen LogP contribution is -2.10. The average Bonchev–Trinajstić information content (AvgIpc) is 2.90. The first kappa shape index (κ1) is 28.2. The maximum absolute atomic E-state index is 14.5. The van der Waals surface area contributed by atoms with Crippen molar-refractivity contribution in [1.82, 2.24) is 0 Å². The van der Waals surface area contributed by atoms with E-state index in [9.17, 15) is 9.18 Å². The molecule has 0 atom stereocenters. The standard InChI is InChI=1S/C32H44FO3/c1-2-3-4-5-6-7-8-9-13-24-35-31-23-20-28(25-30(31)33)32(34)36-29-21-18-27(19-22-29)17-16-26-14-11-10-12-15-26/h10,18-23,25-26H,2-9,11-17,24H2,1H3. The highest BCUT2D eigenvalue weighted by molar-refractivity contribution is 5.91. The highest BCUT2D eigenvalue weighted by Gasteiger charge is 2.15. The Morgan fingerprint density at radius 2 is 1.56 bits per heavy atom. The van der Waals surface area contributed by atoms with Gasteiger partial charge >= 0.3 is 5.97 Å². The summed E-state index contributed by atoms with van der Waals surface area (Å²) in [5.41, 5.74) is 1.44. The monoisotopic (exact) mass is 495 g/mol. The molecular weight excluding hydrogens is 451 g/mol. The zero-order chi connectivity index (χ0) is 25.4. The first-order valence-electron chi connectivity index (χ1n) is 14.2. The molecule has 3 rings (SSSR count). The fourth-order valence-corrected chi connectivity index (χ4v) is 4.89. The number of esters is 1. The van der Waals surface area contributed by atoms with Gasteiger partial charge in [-0.3, -0.25) is 0 Å². The number of hydrogen-bond donors (Lipinski definition) is 0. The Hall–Kier alpha value is -2.36. The summed E-state index contributed by atoms with van der Waals surface area (Å²) in [6.45, 7) is 2.72. The van der Waals surface area contributed by atoms with E-state index in [2.05, 4.69) is 13.3 Å². The second-order valence-corrected chi connectivity index (χ2v) is 10.2. The van der Waals surface area contributed by atoms with Crippen molar-refractivity contribution in [3.63, 3.8) is 0 Å². The molecule has 0 saturated heterocycles. The van der Waals surface area contributed by atoms with Gasteiger partial charge in [0.25, 0.3) is 0 Å². The van der Waals surface area contributed by atoms with Crippen LogP contribution >= 0.6 is 0 Å². The van der Waals surface area contributed by atoms with Crippen molar-refractivity contribution in [2.24, 2.45) is 5.92 Å². The number of carbonyl (C=O) groups is 1. The van der Waals surface area contributed by atoms with Gasteiger partial charge in [0.2, 0.25) is 0 Å². The summed E-state index contributed by atoms with van der Waals surface area (Å²) >= 11 is 0. The fourth-order valence-electron chi connectivity index (χ4n) is 4.89. The molecule has 1 saturated carbocycles. The van der Waals surface area contributed by atoms with Gasteiger partial charge in [0.05, 0.1) is 12.2 Å². The second-order valence-electron chi connectivity index (χ2n) is 10.2. The van der Waals surface area contributed by atoms with Gasteiger partial charge in [-0.05, 0) is 80.3 Å². The third-order valence-corrected chi connectivity index (χ3v) is 7.21. The topological polar surface area (TPSA) is 35.5 Å². The fraction of sp³-hybridized carbons (Fsp3) is 0.562. The molecule has 0 aromatic heterocycles. The molecule has 2 aromatic carbocycles. The summed E-state index contributed by atoms with van der Waals surface area (Å²) in [5, 5.41) is 0. The molecule has 0 bridgehead atoms. The molecule has 0 amide bonds. The second kappa shape index (κ2) is 16.4. The zero-order valence-electron chi connectivity index (χ0n) is 22.1. The smallest absolute Gasteiger partial charge is 0.343 e. The van der Waals surface area contributed by atoms with Gasteiger partial charge in [-0.2, -0.15) is 0 Å². The van der Waals surface area contributed by atoms with E-state index < -0.39 is 11.8 Å². The third kappa shape index (κ3) is 10.3. The summed E-state index contributed by atoms with van der Waals surface area (Å²) in [7, 11) is 0. The minimum absolute atomic E-state index is 0.182. The number of ether oxygens (including phenoxy) is 2. The molecule has 36 heavy (non-hydrogen) atoms. The van der Waals surface area contributed by atoms with Crippen molar-refractivity contribution >= 4 is 5.97 Å². The normalized spacial score (nSPS) is 14.1. The lowest BCUT2D eigenvalue weighted by molar-refractivity contribution is 0.0734. The van der Waals surface area contributed by atoms with Crippen LogP contribution in [0.4, 0.5) is 4.39 Å². The highest BCUT2D eigenvalue weighted by atomic mass is 19.1. The Kier molecular flexibility index (Phi) is 12.9. The van der Waals surface area contributed by atoms with E-state index >= 15 is 0 Å². The third-order valence-electron chi connectivity index (χ3n) is 7.21. The van der Waals surface area contributed by atoms with Crippen molar-refractivity contribution < 1.29 is 18.7 Å². The van der Waals surface area contributed by atoms with E-state index in [1.165, 1.54) is 94.7 Å². The molecule has 0 spiro atoms. The average molecular weight is 496 g/mol. The van der Waals surface area contributed by atoms with Crippen LogP contribution in [0.15, 0.2) is 42.5 Å². The zero-order valence-corrected chi connectivity index (χ0v) is 22.1. The van der Waals surface area contributed by atoms with Crippen LogP contribution in [0.25, 0.3) is 0 Å². The van der Waals surface area contributed by atoms with Gasteiger partial charge in [0.1, 0.15) is 5.75 Å². The van der Waals surface area contributed by atoms with Crippen LogP contribution in [-0.2, 0) is 6.42 Å². The minimum Gasteiger partial charge on any atom is -0.491 e. The lowest BCUT2D eigenvalue weighted by atomic mass is 9.85. The predicted molar refractivity (Wildman–Crippen MR) is 145 cm³/mol. The number of rotatable bonds is 16. The number of hydrogen-bond acceptors (Lipinski definition) is 3. The van der Waals surface area contributed by atoms with E-state index in [0.29, 0.717) is 12.4 Å². The van der Waals surface area contributed by atoms with Crippen molar-refractivity contribution in [2.75, 3.05) is 6.61 Å². The molecule has 1 aliphatic carbocycles. The van der Waals surface area contributed by atoms with E-state index in [0.717, 1.165) is 25.2 Å². The maximum atomic E-state index is 14.5. The van der Waals surface area contributed by atoms with E-state index in [1.807, 2.05) is 24.3 Å². The Morgan fingerprint density at radius 3 is 2.22 bits per heavy atom. The van der Waals surface area contributed by atoms with Crippen molar-refractivity contribution in [3.05, 3.63) is 65.8 Å². The molecule has 1 radical (unpaired) electrons. The summed E-state index contributed by atoms with van der Waals surface area (Å²) in [6, 6.07) is 12.0. The van der Waals surface area contributed by atoms with Gasteiger partial charge in [-0.25, -0.2) is 9.18 Å². The highest BCUT2D eigenvalue weighted by Crippen LogP contribution is 2.27. The lowest BCUT2D eigenvalue weighted by Gasteiger charge is -2.21. The minimum atomic E-state index is -0.564. The quantitative estimate of drug-likeness (QED) is 0.132. The van der Waals surface area contributed by atoms with Crippen LogP contribution < -0.4 is 9.47 Å². The Bertz CT molecular complexity index is 887. The van der Waals surface area contributed by atoms with E-state index in [-0.39, 0.29) is 11.3 Å². The first-order chi connectivity index (χ1) is 17.7. The van der Waals surface area contributed by atoms with Gasteiger partial charge in [0.15, 0.2) is 11.6 Å². The predicted octanol–water partition coefficient (Wildman–Crippen LogP) is 9.28. The Labute approximate surface area is 217 Å². The molecule has 0 heterocycles. The van der Waals surface area contributed by atoms with Crippen LogP contribution in [-0.4, -0.2) is 12.6 Å². The van der Waals surface area contributed by atoms with Gasteiger partial charge in [0, 0.05) is 0 Å². The number of carbonyl (C=O) groups excluding carboxylic acids is 1. The van der Waals surface area contributed by atoms with Gasteiger partial charge in [-0.15, -0.1) is 0 Å². The SMILES string of the molecule is CCCCCCCCCCCOc1ccc(C(=O)Oc2ccc(CCC3CC[CH]CC3)cc2)cc1F. The number of halogens is 1. The molecule has 2 aromatic rings. The number of unbranched alkanes of at least 4 members (excludes halogenated alkanes) is 8. The van der Waals surface area contributed by atoms with Crippen LogP contribution in [0.3, 0.4) is 0 Å². The van der Waals surface area contributed by atoms with Crippen LogP contribution in [0.1, 0.15) is 113 Å². The Morgan fingerprint density at radius 1 is 0.889 bits per heavy atom. The number of benzene rings is 2. The molecule has 197 valence electrons. The molecule has 0 aliphatic heterocycles. The summed E-state index contributed by atoms with van der Waals surface area (Å²) < 4.78 is 25.5. The van der Waals surface area contributed by atoms with Crippen LogP contribution in [0.2, 0.25) is 0 Å². The number of aryl methyl sites for hydroxylation is 1. The summed E-state index contributed by atoms with van der Waals surface area (Å²) in [4.78, 5) is 12.5. The molecular formula is C32H44FO3. The van der Waals surface area contributed by atoms with Crippen molar-refractivity contribution in [1.29, 1.82) is 0 Å². The molecule has 0 unspecified atom stereocenters. The van der Waals surface area contributed by atoms with Crippen molar-refractivity contribution in [2.45, 2.75) is 103 Å².